The molecule has 0 saturated heterocycles. The van der Waals surface area contributed by atoms with Gasteiger partial charge in [0.05, 0.1) is 0 Å². The summed E-state index contributed by atoms with van der Waals surface area (Å²) in [5.41, 5.74) is 3.31. The molecule has 4 atom stereocenters. The van der Waals surface area contributed by atoms with E-state index in [1.54, 1.807) is 9.13 Å². The Bertz CT molecular complexity index is 1240. The molecule has 0 saturated carbocycles. The maximum absolute atomic E-state index is 11.1. The first-order valence-electron chi connectivity index (χ1n) is 14.3. The monoisotopic (exact) mass is 516 g/mol. The summed E-state index contributed by atoms with van der Waals surface area (Å²) in [6.07, 6.45) is 21.6. The average molecular weight is 517 g/mol. The number of rotatable bonds is 13. The SMILES string of the molecule is C=CCCC12C=CC(C1)c1c2c(O)n(CCCCCCn2c(O)c3c(c2O)C2(CCC=C)C=CC3C2)c1O. The van der Waals surface area contributed by atoms with E-state index in [4.69, 9.17) is 0 Å². The lowest BCUT2D eigenvalue weighted by Gasteiger charge is -2.24. The van der Waals surface area contributed by atoms with E-state index in [2.05, 4.69) is 37.5 Å². The van der Waals surface area contributed by atoms with Crippen molar-refractivity contribution in [1.82, 2.24) is 9.13 Å². The van der Waals surface area contributed by atoms with Gasteiger partial charge in [-0.3, -0.25) is 9.13 Å². The van der Waals surface area contributed by atoms with Gasteiger partial charge in [-0.05, 0) is 51.4 Å². The highest BCUT2D eigenvalue weighted by atomic mass is 16.3. The molecule has 4 aliphatic carbocycles. The fraction of sp³-hybridized carbons (Fsp3) is 0.500. The van der Waals surface area contributed by atoms with Crippen LogP contribution in [-0.4, -0.2) is 29.6 Å². The first-order chi connectivity index (χ1) is 18.4. The van der Waals surface area contributed by atoms with Crippen LogP contribution in [0.2, 0.25) is 0 Å². The third-order valence-corrected chi connectivity index (χ3v) is 9.79. The summed E-state index contributed by atoms with van der Waals surface area (Å²) in [6.45, 7) is 8.85. The van der Waals surface area contributed by atoms with Crippen molar-refractivity contribution in [1.29, 1.82) is 0 Å². The first-order valence-corrected chi connectivity index (χ1v) is 14.3. The van der Waals surface area contributed by atoms with Crippen molar-refractivity contribution in [3.8, 4) is 23.5 Å². The molecule has 0 aliphatic heterocycles. The summed E-state index contributed by atoms with van der Waals surface area (Å²) in [5, 5.41) is 44.1. The summed E-state index contributed by atoms with van der Waals surface area (Å²) < 4.78 is 3.37. The van der Waals surface area contributed by atoms with Crippen LogP contribution in [0.25, 0.3) is 0 Å². The van der Waals surface area contributed by atoms with Crippen LogP contribution in [0, 0.1) is 0 Å². The fourth-order valence-electron chi connectivity index (χ4n) is 7.99. The number of hydrogen-bond acceptors (Lipinski definition) is 4. The minimum absolute atomic E-state index is 0.179. The largest absolute Gasteiger partial charge is 0.494 e. The first kappa shape index (κ1) is 25.0. The minimum atomic E-state index is -0.179. The van der Waals surface area contributed by atoms with E-state index in [9.17, 15) is 20.4 Å². The molecular weight excluding hydrogens is 476 g/mol. The Kier molecular flexibility index (Phi) is 6.04. The van der Waals surface area contributed by atoms with Crippen molar-refractivity contribution in [2.24, 2.45) is 0 Å². The molecule has 38 heavy (non-hydrogen) atoms. The van der Waals surface area contributed by atoms with Crippen LogP contribution >= 0.6 is 0 Å². The molecule has 4 N–H and O–H groups in total. The molecule has 0 radical (unpaired) electrons. The quantitative estimate of drug-likeness (QED) is 0.172. The van der Waals surface area contributed by atoms with Crippen LogP contribution in [-0.2, 0) is 23.9 Å². The van der Waals surface area contributed by atoms with Crippen LogP contribution in [0.1, 0.15) is 98.3 Å². The van der Waals surface area contributed by atoms with Gasteiger partial charge in [0.25, 0.3) is 0 Å². The zero-order valence-corrected chi connectivity index (χ0v) is 22.2. The molecule has 4 unspecified atom stereocenters. The molecule has 0 aromatic carbocycles. The molecule has 4 bridgehead atoms. The number of hydrogen-bond donors (Lipinski definition) is 4. The van der Waals surface area contributed by atoms with Gasteiger partial charge < -0.3 is 20.4 Å². The number of allylic oxidation sites excluding steroid dienone is 6. The molecular formula is C32H40N2O4. The molecule has 4 aliphatic rings. The van der Waals surface area contributed by atoms with Gasteiger partial charge in [-0.25, -0.2) is 0 Å². The molecule has 0 spiro atoms. The molecule has 6 heteroatoms. The van der Waals surface area contributed by atoms with E-state index in [1.165, 1.54) is 0 Å². The number of fused-ring (bicyclic) bond motifs is 10. The maximum Gasteiger partial charge on any atom is 0.198 e. The minimum Gasteiger partial charge on any atom is -0.494 e. The summed E-state index contributed by atoms with van der Waals surface area (Å²) >= 11 is 0. The Hall–Kier alpha value is -3.28. The highest BCUT2D eigenvalue weighted by Gasteiger charge is 2.51. The summed E-state index contributed by atoms with van der Waals surface area (Å²) in [6, 6.07) is 0. The predicted molar refractivity (Wildman–Crippen MR) is 149 cm³/mol. The Morgan fingerprint density at radius 2 is 1.11 bits per heavy atom. The third-order valence-electron chi connectivity index (χ3n) is 9.79. The van der Waals surface area contributed by atoms with Crippen molar-refractivity contribution < 1.29 is 20.4 Å². The summed E-state index contributed by atoms with van der Waals surface area (Å²) in [5.74, 6) is 1.26. The zero-order chi connectivity index (χ0) is 26.7. The topological polar surface area (TPSA) is 90.8 Å². The van der Waals surface area contributed by atoms with Crippen LogP contribution in [0.15, 0.2) is 49.6 Å². The zero-order valence-electron chi connectivity index (χ0n) is 22.2. The normalized spacial score (nSPS) is 27.4. The number of unbranched alkanes of at least 4 members (excludes halogenated alkanes) is 3. The second-order valence-electron chi connectivity index (χ2n) is 11.9. The molecule has 2 heterocycles. The van der Waals surface area contributed by atoms with Crippen LogP contribution in [0.3, 0.4) is 0 Å². The van der Waals surface area contributed by atoms with Crippen LogP contribution in [0.4, 0.5) is 0 Å². The molecule has 0 amide bonds. The van der Waals surface area contributed by atoms with E-state index in [-0.39, 0.29) is 46.2 Å². The smallest absolute Gasteiger partial charge is 0.198 e. The summed E-state index contributed by atoms with van der Waals surface area (Å²) in [4.78, 5) is 0. The van der Waals surface area contributed by atoms with Crippen molar-refractivity contribution in [2.45, 2.75) is 100.0 Å². The maximum atomic E-state index is 11.1. The number of nitrogens with zero attached hydrogens (tertiary/aromatic N) is 2. The lowest BCUT2D eigenvalue weighted by molar-refractivity contribution is 0.341. The molecule has 6 rings (SSSR count). The Morgan fingerprint density at radius 3 is 1.50 bits per heavy atom. The third kappa shape index (κ3) is 3.45. The predicted octanol–water partition coefficient (Wildman–Crippen LogP) is 6.89. The van der Waals surface area contributed by atoms with Gasteiger partial charge in [0.2, 0.25) is 0 Å². The van der Waals surface area contributed by atoms with Crippen molar-refractivity contribution in [2.75, 3.05) is 0 Å². The summed E-state index contributed by atoms with van der Waals surface area (Å²) in [7, 11) is 0. The van der Waals surface area contributed by atoms with Gasteiger partial charge in [-0.1, -0.05) is 49.3 Å². The van der Waals surface area contributed by atoms with Crippen molar-refractivity contribution in [3.63, 3.8) is 0 Å². The van der Waals surface area contributed by atoms with Crippen LogP contribution < -0.4 is 0 Å². The van der Waals surface area contributed by atoms with E-state index in [1.807, 2.05) is 12.2 Å². The van der Waals surface area contributed by atoms with Gasteiger partial charge in [-0.2, -0.15) is 0 Å². The molecule has 2 aromatic rings. The van der Waals surface area contributed by atoms with E-state index in [0.717, 1.165) is 86.5 Å². The highest BCUT2D eigenvalue weighted by molar-refractivity contribution is 5.63. The van der Waals surface area contributed by atoms with E-state index in [0.29, 0.717) is 13.1 Å². The van der Waals surface area contributed by atoms with Crippen LogP contribution in [0.5, 0.6) is 23.5 Å². The lowest BCUT2D eigenvalue weighted by Crippen LogP contribution is -2.18. The van der Waals surface area contributed by atoms with E-state index < -0.39 is 0 Å². The Balaban J connectivity index is 1.06. The number of aromatic nitrogens is 2. The molecule has 0 fully saturated rings. The highest BCUT2D eigenvalue weighted by Crippen LogP contribution is 2.62. The second kappa shape index (κ2) is 9.18. The van der Waals surface area contributed by atoms with Gasteiger partial charge >= 0.3 is 0 Å². The van der Waals surface area contributed by atoms with Gasteiger partial charge in [0.1, 0.15) is 0 Å². The Morgan fingerprint density at radius 1 is 0.684 bits per heavy atom. The van der Waals surface area contributed by atoms with Gasteiger partial charge in [0.15, 0.2) is 23.5 Å². The van der Waals surface area contributed by atoms with Crippen molar-refractivity contribution in [3.05, 3.63) is 71.9 Å². The fourth-order valence-corrected chi connectivity index (χ4v) is 7.99. The van der Waals surface area contributed by atoms with Gasteiger partial charge in [0, 0.05) is 58.0 Å². The van der Waals surface area contributed by atoms with E-state index >= 15 is 0 Å². The molecule has 202 valence electrons. The second-order valence-corrected chi connectivity index (χ2v) is 11.9. The Labute approximate surface area is 224 Å². The van der Waals surface area contributed by atoms with Gasteiger partial charge in [-0.15, -0.1) is 13.2 Å². The number of aromatic hydroxyl groups is 4. The average Bonchev–Trinajstić information content (AvgIpc) is 3.74. The lowest BCUT2D eigenvalue weighted by atomic mass is 9.79. The molecule has 2 aromatic heterocycles. The standard InChI is InChI=1S/C32H40N2O4/c1-3-5-13-31-15-11-21(19-31)23-25(31)29(37)33(27(23)35)17-9-7-8-10-18-34-28(36)24-22-12-16-32(20-22,14-6-4-2)26(24)30(34)38/h3-4,11-12,15-16,21-22,35-38H,1-2,5-10,13-14,17-20H2. The van der Waals surface area contributed by atoms with Crippen molar-refractivity contribution >= 4 is 0 Å². The molecule has 6 nitrogen and oxygen atoms in total.